The van der Waals surface area contributed by atoms with Gasteiger partial charge in [-0.15, -0.1) is 0 Å². The van der Waals surface area contributed by atoms with Crippen LogP contribution in [-0.2, 0) is 4.79 Å². The quantitative estimate of drug-likeness (QED) is 0.812. The molecule has 0 spiro atoms. The van der Waals surface area contributed by atoms with Crippen LogP contribution in [0.4, 0.5) is 0 Å². The van der Waals surface area contributed by atoms with Crippen LogP contribution in [0.5, 0.6) is 11.5 Å². The first kappa shape index (κ1) is 15.1. The highest BCUT2D eigenvalue weighted by molar-refractivity contribution is 6.13. The Morgan fingerprint density at radius 3 is 1.48 bits per heavy atom. The molecule has 0 aromatic heterocycles. The van der Waals surface area contributed by atoms with E-state index >= 15 is 0 Å². The number of hydrogen-bond acceptors (Lipinski definition) is 3. The maximum Gasteiger partial charge on any atom is 0.185 e. The minimum atomic E-state index is 0.0809. The lowest BCUT2D eigenvalue weighted by molar-refractivity contribution is -0.112. The molecule has 2 aromatic carbocycles. The maximum atomic E-state index is 12.6. The number of carbonyl (C=O) groups is 1. The largest absolute Gasteiger partial charge is 0.508 e. The van der Waals surface area contributed by atoms with E-state index in [1.165, 1.54) is 0 Å². The summed E-state index contributed by atoms with van der Waals surface area (Å²) in [5.74, 6) is 0.516. The highest BCUT2D eigenvalue weighted by Gasteiger charge is 2.20. The van der Waals surface area contributed by atoms with Gasteiger partial charge in [0, 0.05) is 11.1 Å². The molecule has 0 saturated heterocycles. The monoisotopic (exact) mass is 306 g/mol. The van der Waals surface area contributed by atoms with Gasteiger partial charge in [-0.05, 0) is 66.8 Å². The zero-order valence-corrected chi connectivity index (χ0v) is 12.7. The molecular formula is C20H18O3. The van der Waals surface area contributed by atoms with Gasteiger partial charge in [-0.1, -0.05) is 24.3 Å². The molecule has 116 valence electrons. The van der Waals surface area contributed by atoms with Crippen LogP contribution >= 0.6 is 0 Å². The lowest BCUT2D eigenvalue weighted by Gasteiger charge is -2.16. The van der Waals surface area contributed by atoms with E-state index in [0.717, 1.165) is 41.5 Å². The zero-order chi connectivity index (χ0) is 16.2. The lowest BCUT2D eigenvalue weighted by Crippen LogP contribution is -2.12. The molecule has 0 unspecified atom stereocenters. The van der Waals surface area contributed by atoms with Gasteiger partial charge in [-0.3, -0.25) is 4.79 Å². The third kappa shape index (κ3) is 3.69. The van der Waals surface area contributed by atoms with Crippen molar-refractivity contribution in [3.63, 3.8) is 0 Å². The molecule has 0 atom stereocenters. The summed E-state index contributed by atoms with van der Waals surface area (Å²) in [7, 11) is 0. The Morgan fingerprint density at radius 2 is 1.09 bits per heavy atom. The van der Waals surface area contributed by atoms with Gasteiger partial charge in [-0.25, -0.2) is 0 Å². The maximum absolute atomic E-state index is 12.6. The Hall–Kier alpha value is -2.81. The van der Waals surface area contributed by atoms with Crippen molar-refractivity contribution in [3.05, 3.63) is 70.8 Å². The Balaban J connectivity index is 1.86. The molecule has 23 heavy (non-hydrogen) atoms. The predicted molar refractivity (Wildman–Crippen MR) is 91.0 cm³/mol. The Labute approximate surface area is 135 Å². The van der Waals surface area contributed by atoms with Gasteiger partial charge < -0.3 is 10.2 Å². The fourth-order valence-electron chi connectivity index (χ4n) is 2.72. The number of Topliss-reactive ketones (excluding diaryl/α,β-unsaturated/α-hetero) is 1. The van der Waals surface area contributed by atoms with Crippen molar-refractivity contribution in [2.75, 3.05) is 0 Å². The third-order valence-corrected chi connectivity index (χ3v) is 3.94. The Kier molecular flexibility index (Phi) is 4.29. The van der Waals surface area contributed by atoms with Crippen molar-refractivity contribution < 1.29 is 15.0 Å². The van der Waals surface area contributed by atoms with Gasteiger partial charge in [0.05, 0.1) is 0 Å². The number of phenols is 2. The molecule has 0 amide bonds. The molecule has 1 aliphatic carbocycles. The van der Waals surface area contributed by atoms with Crippen molar-refractivity contribution in [2.24, 2.45) is 0 Å². The first-order valence-corrected chi connectivity index (χ1v) is 7.66. The van der Waals surface area contributed by atoms with E-state index in [2.05, 4.69) is 0 Å². The van der Waals surface area contributed by atoms with Crippen LogP contribution < -0.4 is 0 Å². The van der Waals surface area contributed by atoms with Gasteiger partial charge in [0.15, 0.2) is 5.78 Å². The van der Waals surface area contributed by atoms with E-state index in [1.54, 1.807) is 48.5 Å². The van der Waals surface area contributed by atoms with Crippen molar-refractivity contribution in [3.8, 4) is 11.5 Å². The molecule has 3 rings (SSSR count). The average molecular weight is 306 g/mol. The average Bonchev–Trinajstić information content (AvgIpc) is 2.55. The number of phenolic OH excluding ortho intramolecular Hbond substituents is 2. The van der Waals surface area contributed by atoms with Crippen LogP contribution in [0.3, 0.4) is 0 Å². The Bertz CT molecular complexity index is 700. The minimum Gasteiger partial charge on any atom is -0.508 e. The van der Waals surface area contributed by atoms with Crippen LogP contribution in [0.1, 0.15) is 30.4 Å². The molecular weight excluding hydrogens is 288 g/mol. The van der Waals surface area contributed by atoms with Crippen LogP contribution in [0.25, 0.3) is 12.2 Å². The topological polar surface area (TPSA) is 57.5 Å². The molecule has 2 N–H and O–H groups in total. The summed E-state index contributed by atoms with van der Waals surface area (Å²) in [5, 5.41) is 18.7. The fourth-order valence-corrected chi connectivity index (χ4v) is 2.72. The van der Waals surface area contributed by atoms with Gasteiger partial charge >= 0.3 is 0 Å². The second kappa shape index (κ2) is 6.53. The number of carbonyl (C=O) groups excluding carboxylic acids is 1. The van der Waals surface area contributed by atoms with Crippen molar-refractivity contribution in [2.45, 2.75) is 19.3 Å². The SMILES string of the molecule is O=C1/C(=C\c2ccc(O)cc2)CCC/C1=C\c1ccc(O)cc1. The first-order chi connectivity index (χ1) is 11.1. The molecule has 3 nitrogen and oxygen atoms in total. The van der Waals surface area contributed by atoms with Crippen molar-refractivity contribution in [1.29, 1.82) is 0 Å². The predicted octanol–water partition coefficient (Wildman–Crippen LogP) is 4.32. The summed E-state index contributed by atoms with van der Waals surface area (Å²) in [6.07, 6.45) is 6.27. The van der Waals surface area contributed by atoms with E-state index in [9.17, 15) is 15.0 Å². The summed E-state index contributed by atoms with van der Waals surface area (Å²) >= 11 is 0. The van der Waals surface area contributed by atoms with E-state index in [-0.39, 0.29) is 17.3 Å². The van der Waals surface area contributed by atoms with Crippen LogP contribution in [0.15, 0.2) is 59.7 Å². The Morgan fingerprint density at radius 1 is 0.696 bits per heavy atom. The molecule has 0 heterocycles. The van der Waals surface area contributed by atoms with E-state index in [1.807, 2.05) is 12.2 Å². The van der Waals surface area contributed by atoms with Gasteiger partial charge in [-0.2, -0.15) is 0 Å². The number of allylic oxidation sites excluding steroid dienone is 2. The summed E-state index contributed by atoms with van der Waals surface area (Å²) in [6, 6.07) is 13.7. The highest BCUT2D eigenvalue weighted by atomic mass is 16.3. The van der Waals surface area contributed by atoms with Gasteiger partial charge in [0.25, 0.3) is 0 Å². The molecule has 2 aromatic rings. The molecule has 3 heteroatoms. The standard InChI is InChI=1S/C20H18O3/c21-18-8-4-14(5-9-18)12-16-2-1-3-17(20(16)23)13-15-6-10-19(22)11-7-15/h4-13,21-22H,1-3H2/b16-12-,17-13+. The minimum absolute atomic E-state index is 0.0809. The van der Waals surface area contributed by atoms with E-state index in [0.29, 0.717) is 0 Å². The van der Waals surface area contributed by atoms with E-state index < -0.39 is 0 Å². The van der Waals surface area contributed by atoms with Crippen molar-refractivity contribution >= 4 is 17.9 Å². The smallest absolute Gasteiger partial charge is 0.185 e. The number of aromatic hydroxyl groups is 2. The van der Waals surface area contributed by atoms with Crippen LogP contribution in [0.2, 0.25) is 0 Å². The summed E-state index contributed by atoms with van der Waals surface area (Å²) in [4.78, 5) is 12.6. The second-order valence-corrected chi connectivity index (χ2v) is 5.70. The van der Waals surface area contributed by atoms with Gasteiger partial charge in [0.1, 0.15) is 11.5 Å². The van der Waals surface area contributed by atoms with Gasteiger partial charge in [0.2, 0.25) is 0 Å². The van der Waals surface area contributed by atoms with Crippen molar-refractivity contribution in [1.82, 2.24) is 0 Å². The van der Waals surface area contributed by atoms with E-state index in [4.69, 9.17) is 0 Å². The van der Waals surface area contributed by atoms with Crippen LogP contribution in [0, 0.1) is 0 Å². The normalized spacial score (nSPS) is 18.5. The summed E-state index contributed by atoms with van der Waals surface area (Å²) < 4.78 is 0. The third-order valence-electron chi connectivity index (χ3n) is 3.94. The molecule has 1 saturated carbocycles. The number of ketones is 1. The summed E-state index contributed by atoms with van der Waals surface area (Å²) in [5.41, 5.74) is 3.42. The first-order valence-electron chi connectivity index (χ1n) is 7.66. The number of hydrogen-bond donors (Lipinski definition) is 2. The number of benzene rings is 2. The second-order valence-electron chi connectivity index (χ2n) is 5.70. The number of rotatable bonds is 2. The summed E-state index contributed by atoms with van der Waals surface area (Å²) in [6.45, 7) is 0. The molecule has 1 aliphatic rings. The molecule has 0 radical (unpaired) electrons. The molecule has 1 fully saturated rings. The fraction of sp³-hybridized carbons (Fsp3) is 0.150. The zero-order valence-electron chi connectivity index (χ0n) is 12.7. The molecule has 0 aliphatic heterocycles. The van der Waals surface area contributed by atoms with Crippen LogP contribution in [-0.4, -0.2) is 16.0 Å². The lowest BCUT2D eigenvalue weighted by atomic mass is 9.87. The highest BCUT2D eigenvalue weighted by Crippen LogP contribution is 2.28. The molecule has 0 bridgehead atoms.